The molecule has 19 heavy (non-hydrogen) atoms. The van der Waals surface area contributed by atoms with Gasteiger partial charge in [0, 0.05) is 5.69 Å². The maximum atomic E-state index is 11.4. The lowest BCUT2D eigenvalue weighted by Crippen LogP contribution is -2.45. The lowest BCUT2D eigenvalue weighted by molar-refractivity contribution is -0.139. The van der Waals surface area contributed by atoms with Crippen molar-refractivity contribution in [2.45, 2.75) is 26.3 Å². The zero-order valence-corrected chi connectivity index (χ0v) is 11.1. The fourth-order valence-electron chi connectivity index (χ4n) is 1.95. The second-order valence-electron chi connectivity index (χ2n) is 4.84. The number of nitrogens with zero attached hydrogens (tertiary/aromatic N) is 1. The summed E-state index contributed by atoms with van der Waals surface area (Å²) in [4.78, 5) is 23.8. The van der Waals surface area contributed by atoms with Crippen LogP contribution in [0.4, 0.5) is 5.69 Å². The molecule has 0 bridgehead atoms. The highest BCUT2D eigenvalue weighted by atomic mass is 16.4. The summed E-state index contributed by atoms with van der Waals surface area (Å²) in [6.07, 6.45) is 0.400. The third kappa shape index (κ3) is 4.62. The van der Waals surface area contributed by atoms with Gasteiger partial charge in [-0.2, -0.15) is 0 Å². The molecule has 1 atom stereocenters. The number of carboxylic acids is 2. The van der Waals surface area contributed by atoms with Gasteiger partial charge in [-0.05, 0) is 24.5 Å². The van der Waals surface area contributed by atoms with E-state index in [1.54, 1.807) is 30.3 Å². The highest BCUT2D eigenvalue weighted by Crippen LogP contribution is 2.20. The summed E-state index contributed by atoms with van der Waals surface area (Å²) in [6, 6.07) is 7.94. The number of rotatable bonds is 7. The fourth-order valence-corrected chi connectivity index (χ4v) is 1.95. The third-order valence-electron chi connectivity index (χ3n) is 2.75. The second-order valence-corrected chi connectivity index (χ2v) is 4.84. The number of aliphatic carboxylic acids is 2. The Kier molecular flexibility index (Phi) is 5.36. The van der Waals surface area contributed by atoms with E-state index in [0.717, 1.165) is 0 Å². The van der Waals surface area contributed by atoms with E-state index in [9.17, 15) is 14.7 Å². The van der Waals surface area contributed by atoms with Crippen molar-refractivity contribution in [3.63, 3.8) is 0 Å². The Hall–Kier alpha value is -2.04. The van der Waals surface area contributed by atoms with Crippen LogP contribution in [0.15, 0.2) is 30.3 Å². The minimum Gasteiger partial charge on any atom is -0.480 e. The molecular weight excluding hydrogens is 246 g/mol. The number of para-hydroxylation sites is 1. The largest absolute Gasteiger partial charge is 0.480 e. The van der Waals surface area contributed by atoms with Crippen LogP contribution in [0.5, 0.6) is 0 Å². The van der Waals surface area contributed by atoms with Gasteiger partial charge in [0.05, 0.1) is 0 Å². The van der Waals surface area contributed by atoms with Gasteiger partial charge < -0.3 is 15.1 Å². The van der Waals surface area contributed by atoms with E-state index < -0.39 is 18.0 Å². The van der Waals surface area contributed by atoms with Gasteiger partial charge >= 0.3 is 11.9 Å². The minimum absolute atomic E-state index is 0.168. The molecule has 0 saturated carbocycles. The number of carbonyl (C=O) groups is 2. The van der Waals surface area contributed by atoms with E-state index in [1.165, 1.54) is 4.90 Å². The van der Waals surface area contributed by atoms with Crippen molar-refractivity contribution in [3.05, 3.63) is 30.3 Å². The molecule has 2 N–H and O–H groups in total. The van der Waals surface area contributed by atoms with Crippen LogP contribution in [-0.2, 0) is 9.59 Å². The van der Waals surface area contributed by atoms with Crippen LogP contribution >= 0.6 is 0 Å². The molecule has 0 aliphatic heterocycles. The number of hydrogen-bond donors (Lipinski definition) is 2. The van der Waals surface area contributed by atoms with E-state index in [0.29, 0.717) is 12.1 Å². The number of anilines is 1. The Bertz CT molecular complexity index is 430. The Morgan fingerprint density at radius 1 is 1.16 bits per heavy atom. The van der Waals surface area contributed by atoms with Gasteiger partial charge in [-0.15, -0.1) is 0 Å². The smallest absolute Gasteiger partial charge is 0.326 e. The Morgan fingerprint density at radius 2 is 1.74 bits per heavy atom. The van der Waals surface area contributed by atoms with Gasteiger partial charge in [0.2, 0.25) is 0 Å². The van der Waals surface area contributed by atoms with Gasteiger partial charge in [0.25, 0.3) is 0 Å². The van der Waals surface area contributed by atoms with Crippen molar-refractivity contribution in [1.82, 2.24) is 0 Å². The molecule has 0 heterocycles. The molecule has 0 saturated heterocycles. The lowest BCUT2D eigenvalue weighted by atomic mass is 10.0. The molecule has 0 fully saturated rings. The van der Waals surface area contributed by atoms with Crippen LogP contribution in [0.2, 0.25) is 0 Å². The zero-order chi connectivity index (χ0) is 14.4. The first kappa shape index (κ1) is 15.0. The van der Waals surface area contributed by atoms with Crippen LogP contribution in [0.25, 0.3) is 0 Å². The number of carboxylic acid groups (broad SMARTS) is 2. The minimum atomic E-state index is -1.04. The molecule has 0 aromatic heterocycles. The van der Waals surface area contributed by atoms with Gasteiger partial charge in [-0.3, -0.25) is 4.79 Å². The monoisotopic (exact) mass is 265 g/mol. The summed E-state index contributed by atoms with van der Waals surface area (Å²) in [5.41, 5.74) is 0.609. The average Bonchev–Trinajstić information content (AvgIpc) is 2.33. The fraction of sp³-hybridized carbons (Fsp3) is 0.429. The maximum Gasteiger partial charge on any atom is 0.326 e. The molecule has 0 radical (unpaired) electrons. The molecule has 104 valence electrons. The zero-order valence-electron chi connectivity index (χ0n) is 11.1. The SMILES string of the molecule is CC(C)C[C@@H](C(=O)O)N(CC(=O)O)c1ccccc1. The van der Waals surface area contributed by atoms with Crippen molar-refractivity contribution < 1.29 is 19.8 Å². The predicted molar refractivity (Wildman–Crippen MR) is 72.3 cm³/mol. The molecule has 5 heteroatoms. The first-order valence-corrected chi connectivity index (χ1v) is 6.18. The maximum absolute atomic E-state index is 11.4. The van der Waals surface area contributed by atoms with E-state index in [1.807, 2.05) is 13.8 Å². The van der Waals surface area contributed by atoms with Crippen molar-refractivity contribution in [3.8, 4) is 0 Å². The molecule has 1 aromatic rings. The van der Waals surface area contributed by atoms with Crippen LogP contribution in [0.3, 0.4) is 0 Å². The van der Waals surface area contributed by atoms with E-state index in [4.69, 9.17) is 5.11 Å². The standard InChI is InChI=1S/C14H19NO4/c1-10(2)8-12(14(18)19)15(9-13(16)17)11-6-4-3-5-7-11/h3-7,10,12H,8-9H2,1-2H3,(H,16,17)(H,18,19)/t12-/m0/s1. The molecule has 1 rings (SSSR count). The van der Waals surface area contributed by atoms with Gasteiger partial charge in [0.15, 0.2) is 0 Å². The second kappa shape index (κ2) is 6.78. The van der Waals surface area contributed by atoms with Gasteiger partial charge in [0.1, 0.15) is 12.6 Å². The lowest BCUT2D eigenvalue weighted by Gasteiger charge is -2.30. The summed E-state index contributed by atoms with van der Waals surface area (Å²) < 4.78 is 0. The molecule has 0 amide bonds. The molecule has 1 aromatic carbocycles. The van der Waals surface area contributed by atoms with Crippen molar-refractivity contribution in [2.75, 3.05) is 11.4 Å². The van der Waals surface area contributed by atoms with E-state index in [2.05, 4.69) is 0 Å². The van der Waals surface area contributed by atoms with Crippen molar-refractivity contribution in [2.24, 2.45) is 5.92 Å². The van der Waals surface area contributed by atoms with Crippen molar-refractivity contribution >= 4 is 17.6 Å². The predicted octanol–water partition coefficient (Wildman–Crippen LogP) is 2.08. The topological polar surface area (TPSA) is 77.8 Å². The molecule has 0 unspecified atom stereocenters. The molecule has 0 spiro atoms. The summed E-state index contributed by atoms with van der Waals surface area (Å²) in [5.74, 6) is -1.88. The van der Waals surface area contributed by atoms with E-state index in [-0.39, 0.29) is 12.5 Å². The van der Waals surface area contributed by atoms with Crippen LogP contribution in [0.1, 0.15) is 20.3 Å². The van der Waals surface area contributed by atoms with Crippen LogP contribution < -0.4 is 4.90 Å². The van der Waals surface area contributed by atoms with Crippen LogP contribution in [0, 0.1) is 5.92 Å². The highest BCUT2D eigenvalue weighted by Gasteiger charge is 2.28. The number of hydrogen-bond acceptors (Lipinski definition) is 3. The summed E-state index contributed by atoms with van der Waals surface area (Å²) >= 11 is 0. The normalized spacial score (nSPS) is 12.2. The van der Waals surface area contributed by atoms with Gasteiger partial charge in [-0.1, -0.05) is 32.0 Å². The molecule has 0 aliphatic rings. The Morgan fingerprint density at radius 3 is 2.16 bits per heavy atom. The molecule has 0 aliphatic carbocycles. The van der Waals surface area contributed by atoms with Crippen molar-refractivity contribution in [1.29, 1.82) is 0 Å². The quantitative estimate of drug-likeness (QED) is 0.789. The first-order chi connectivity index (χ1) is 8.91. The highest BCUT2D eigenvalue weighted by molar-refractivity contribution is 5.82. The van der Waals surface area contributed by atoms with Crippen LogP contribution in [-0.4, -0.2) is 34.7 Å². The summed E-state index contributed by atoms with van der Waals surface area (Å²) in [6.45, 7) is 3.51. The average molecular weight is 265 g/mol. The molecule has 5 nitrogen and oxygen atoms in total. The van der Waals surface area contributed by atoms with E-state index >= 15 is 0 Å². The van der Waals surface area contributed by atoms with Gasteiger partial charge in [-0.25, -0.2) is 4.79 Å². The summed E-state index contributed by atoms with van der Waals surface area (Å²) in [7, 11) is 0. The third-order valence-corrected chi connectivity index (χ3v) is 2.75. The first-order valence-electron chi connectivity index (χ1n) is 6.18. The molecular formula is C14H19NO4. The Balaban J connectivity index is 3.06. The number of benzene rings is 1. The summed E-state index contributed by atoms with van der Waals surface area (Å²) in [5, 5.41) is 18.3. The Labute approximate surface area is 112 Å².